The Hall–Kier alpha value is -2.91. The molecule has 1 atom stereocenters. The highest BCUT2D eigenvalue weighted by Gasteiger charge is 2.59. The second-order valence-electron chi connectivity index (χ2n) is 7.69. The minimum absolute atomic E-state index is 0.0270. The predicted octanol–water partition coefficient (Wildman–Crippen LogP) is 5.37. The molecule has 0 N–H and O–H groups in total. The third-order valence-corrected chi connectivity index (χ3v) is 7.22. The van der Waals surface area contributed by atoms with Crippen molar-refractivity contribution < 1.29 is 32.2 Å². The predicted molar refractivity (Wildman–Crippen MR) is 111 cm³/mol. The van der Waals surface area contributed by atoms with Crippen molar-refractivity contribution in [2.45, 2.75) is 18.1 Å². The quantitative estimate of drug-likeness (QED) is 0.495. The molecular weight excluding hydrogens is 467 g/mol. The van der Waals surface area contributed by atoms with Crippen molar-refractivity contribution in [2.75, 3.05) is 18.3 Å². The molecule has 1 amide bonds. The zero-order valence-corrected chi connectivity index (χ0v) is 17.7. The van der Waals surface area contributed by atoms with Crippen LogP contribution in [0.4, 0.5) is 18.9 Å². The summed E-state index contributed by atoms with van der Waals surface area (Å²) in [4.78, 5) is 15.8. The highest BCUT2D eigenvalue weighted by atomic mass is 35.5. The normalized spacial score (nSPS) is 20.6. The molecule has 1 unspecified atom stereocenters. The maximum Gasteiger partial charge on any atom is 0.418 e. The third-order valence-electron chi connectivity index (χ3n) is 6.00. The van der Waals surface area contributed by atoms with Crippen LogP contribution in [0.25, 0.3) is 0 Å². The van der Waals surface area contributed by atoms with E-state index in [0.717, 1.165) is 6.07 Å². The van der Waals surface area contributed by atoms with Gasteiger partial charge >= 0.3 is 6.18 Å². The molecule has 3 aromatic rings. The van der Waals surface area contributed by atoms with E-state index in [2.05, 4.69) is 0 Å². The van der Waals surface area contributed by atoms with E-state index >= 15 is 0 Å². The lowest BCUT2D eigenvalue weighted by molar-refractivity contribution is -0.137. The van der Waals surface area contributed by atoms with E-state index in [1.165, 1.54) is 22.3 Å². The molecule has 1 spiro atoms. The van der Waals surface area contributed by atoms with E-state index in [1.807, 2.05) is 0 Å². The van der Waals surface area contributed by atoms with Gasteiger partial charge in [0.05, 0.1) is 22.1 Å². The van der Waals surface area contributed by atoms with E-state index in [1.54, 1.807) is 30.3 Å². The molecule has 6 rings (SSSR count). The summed E-state index contributed by atoms with van der Waals surface area (Å²) in [5.74, 6) is 0.817. The molecular formula is C22H13ClF3NO4S. The minimum atomic E-state index is -4.64. The first kappa shape index (κ1) is 19.8. The first-order valence-electron chi connectivity index (χ1n) is 9.63. The lowest BCUT2D eigenvalue weighted by Crippen LogP contribution is -2.42. The van der Waals surface area contributed by atoms with E-state index in [-0.39, 0.29) is 31.2 Å². The molecule has 32 heavy (non-hydrogen) atoms. The molecule has 2 aromatic carbocycles. The lowest BCUT2D eigenvalue weighted by atomic mass is 9.76. The van der Waals surface area contributed by atoms with Gasteiger partial charge < -0.3 is 19.1 Å². The maximum absolute atomic E-state index is 14.0. The number of para-hydroxylation sites is 1. The summed E-state index contributed by atoms with van der Waals surface area (Å²) in [6.45, 7) is -0.114. The highest BCUT2D eigenvalue weighted by molar-refractivity contribution is 7.16. The largest absolute Gasteiger partial charge is 0.491 e. The molecule has 0 saturated heterocycles. The fourth-order valence-corrected chi connectivity index (χ4v) is 5.71. The summed E-state index contributed by atoms with van der Waals surface area (Å²) >= 11 is 7.24. The second kappa shape index (κ2) is 6.55. The number of hydrogen-bond donors (Lipinski definition) is 0. The first-order chi connectivity index (χ1) is 15.3. The van der Waals surface area contributed by atoms with E-state index in [9.17, 15) is 18.0 Å². The molecule has 1 aromatic heterocycles. The Kier molecular flexibility index (Phi) is 4.04. The van der Waals surface area contributed by atoms with Gasteiger partial charge in [-0.1, -0.05) is 23.7 Å². The first-order valence-corrected chi connectivity index (χ1v) is 10.8. The van der Waals surface area contributed by atoms with Crippen LogP contribution in [0.3, 0.4) is 0 Å². The zero-order chi connectivity index (χ0) is 22.3. The van der Waals surface area contributed by atoms with Crippen LogP contribution in [0.1, 0.15) is 21.6 Å². The fourth-order valence-electron chi connectivity index (χ4n) is 4.64. The summed E-state index contributed by atoms with van der Waals surface area (Å²) in [6.07, 6.45) is -4.64. The molecule has 3 aliphatic rings. The van der Waals surface area contributed by atoms with E-state index < -0.39 is 23.1 Å². The zero-order valence-electron chi connectivity index (χ0n) is 16.2. The average molecular weight is 480 g/mol. The van der Waals surface area contributed by atoms with Gasteiger partial charge in [-0.05, 0) is 24.3 Å². The summed E-state index contributed by atoms with van der Waals surface area (Å²) in [5.41, 5.74) is -1.69. The molecule has 5 nitrogen and oxygen atoms in total. The number of alkyl halides is 3. The topological polar surface area (TPSA) is 48.0 Å². The van der Waals surface area contributed by atoms with Crippen LogP contribution >= 0.6 is 22.9 Å². The maximum atomic E-state index is 14.0. The van der Waals surface area contributed by atoms with Crippen molar-refractivity contribution in [3.63, 3.8) is 0 Å². The monoisotopic (exact) mass is 479 g/mol. The van der Waals surface area contributed by atoms with Crippen LogP contribution in [0, 0.1) is 0 Å². The Morgan fingerprint density at radius 2 is 1.81 bits per heavy atom. The summed E-state index contributed by atoms with van der Waals surface area (Å²) in [5, 5.41) is 0. The molecule has 10 heteroatoms. The van der Waals surface area contributed by atoms with Crippen molar-refractivity contribution in [1.82, 2.24) is 0 Å². The summed E-state index contributed by atoms with van der Waals surface area (Å²) in [6, 6.07) is 10.5. The van der Waals surface area contributed by atoms with Crippen molar-refractivity contribution in [3.8, 4) is 17.2 Å². The van der Waals surface area contributed by atoms with Gasteiger partial charge in [-0.25, -0.2) is 0 Å². The molecule has 3 aliphatic heterocycles. The number of halogens is 4. The standard InChI is InChI=1S/C22H13ClF3NO4S/c23-18-5-4-11(32-18)8-27-19-12(2-1-3-13(19)22(24,25)26)21(20(27)28)9-29-15-7-17-16(6-14(15)21)30-10-31-17/h1-7H,8-10H2. The van der Waals surface area contributed by atoms with Crippen LogP contribution in [-0.2, 0) is 22.9 Å². The molecule has 0 bridgehead atoms. The summed E-state index contributed by atoms with van der Waals surface area (Å²) in [7, 11) is 0. The van der Waals surface area contributed by atoms with Crippen LogP contribution in [0.2, 0.25) is 4.34 Å². The van der Waals surface area contributed by atoms with Crippen molar-refractivity contribution in [3.05, 3.63) is 68.4 Å². The van der Waals surface area contributed by atoms with Crippen LogP contribution in [0.5, 0.6) is 17.2 Å². The second-order valence-corrected chi connectivity index (χ2v) is 9.49. The molecule has 4 heterocycles. The number of anilines is 1. The highest BCUT2D eigenvalue weighted by Crippen LogP contribution is 2.57. The molecule has 0 fully saturated rings. The number of amides is 1. The summed E-state index contributed by atoms with van der Waals surface area (Å²) < 4.78 is 59.2. The Morgan fingerprint density at radius 3 is 2.53 bits per heavy atom. The number of rotatable bonds is 2. The van der Waals surface area contributed by atoms with Gasteiger partial charge in [-0.2, -0.15) is 13.2 Å². The van der Waals surface area contributed by atoms with Crippen LogP contribution < -0.4 is 19.1 Å². The van der Waals surface area contributed by atoms with Gasteiger partial charge in [0.1, 0.15) is 17.8 Å². The van der Waals surface area contributed by atoms with E-state index in [0.29, 0.717) is 32.0 Å². The fraction of sp³-hybridized carbons (Fsp3) is 0.227. The Morgan fingerprint density at radius 1 is 1.03 bits per heavy atom. The molecule has 0 aliphatic carbocycles. The van der Waals surface area contributed by atoms with Crippen molar-refractivity contribution in [2.24, 2.45) is 0 Å². The van der Waals surface area contributed by atoms with Gasteiger partial charge in [0.15, 0.2) is 11.5 Å². The van der Waals surface area contributed by atoms with Crippen molar-refractivity contribution in [1.29, 1.82) is 0 Å². The Bertz CT molecular complexity index is 1290. The number of fused-ring (bicyclic) bond motifs is 5. The van der Waals surface area contributed by atoms with Gasteiger partial charge in [0.25, 0.3) is 0 Å². The number of nitrogens with zero attached hydrogens (tertiary/aromatic N) is 1. The molecule has 0 saturated carbocycles. The average Bonchev–Trinajstić information content (AvgIpc) is 3.50. The smallest absolute Gasteiger partial charge is 0.418 e. The Labute approximate surface area is 188 Å². The number of thiophene rings is 1. The SMILES string of the molecule is O=C1N(Cc2ccc(Cl)s2)c2c(C(F)(F)F)cccc2C12COc1cc3c(cc12)OCO3. The third kappa shape index (κ3) is 2.61. The lowest BCUT2D eigenvalue weighted by Gasteiger charge is -2.23. The van der Waals surface area contributed by atoms with Crippen LogP contribution in [0.15, 0.2) is 42.5 Å². The van der Waals surface area contributed by atoms with Gasteiger partial charge in [0, 0.05) is 22.1 Å². The number of ether oxygens (including phenoxy) is 3. The van der Waals surface area contributed by atoms with Gasteiger partial charge in [0.2, 0.25) is 12.7 Å². The van der Waals surface area contributed by atoms with Crippen LogP contribution in [-0.4, -0.2) is 19.3 Å². The number of benzene rings is 2. The van der Waals surface area contributed by atoms with Crippen molar-refractivity contribution >= 4 is 34.5 Å². The number of hydrogen-bond acceptors (Lipinski definition) is 5. The van der Waals surface area contributed by atoms with E-state index in [4.69, 9.17) is 25.8 Å². The minimum Gasteiger partial charge on any atom is -0.491 e. The molecule has 164 valence electrons. The molecule has 0 radical (unpaired) electrons. The number of carbonyl (C=O) groups excluding carboxylic acids is 1. The number of carbonyl (C=O) groups is 1. The van der Waals surface area contributed by atoms with Gasteiger partial charge in [-0.15, -0.1) is 11.3 Å². The Balaban J connectivity index is 1.58. The van der Waals surface area contributed by atoms with Gasteiger partial charge in [-0.3, -0.25) is 4.79 Å².